The van der Waals surface area contributed by atoms with Gasteiger partial charge in [-0.2, -0.15) is 0 Å². The van der Waals surface area contributed by atoms with Crippen LogP contribution in [0.3, 0.4) is 0 Å². The largest absolute Gasteiger partial charge is 0.329 e. The number of aromatic nitrogens is 4. The average molecular weight is 423 g/mol. The minimum Gasteiger partial charge on any atom is -0.309 e. The predicted octanol–water partition coefficient (Wildman–Crippen LogP) is 3.12. The normalized spacial score (nSPS) is 12.6. The van der Waals surface area contributed by atoms with E-state index in [0.717, 1.165) is 21.6 Å². The van der Waals surface area contributed by atoms with E-state index in [1.54, 1.807) is 18.8 Å². The lowest BCUT2D eigenvalue weighted by atomic mass is 10.2. The maximum absolute atomic E-state index is 12.5. The number of thioether (sulfide) groups is 1. The zero-order valence-electron chi connectivity index (χ0n) is 14.2. The lowest BCUT2D eigenvalue weighted by Gasteiger charge is -2.11. The van der Waals surface area contributed by atoms with Crippen LogP contribution in [-0.4, -0.2) is 24.4 Å². The monoisotopic (exact) mass is 422 g/mol. The molecule has 0 saturated heterocycles. The molecule has 0 aliphatic heterocycles. The van der Waals surface area contributed by atoms with E-state index < -0.39 is 11.2 Å². The number of imidazole rings is 1. The number of rotatable bonds is 5. The van der Waals surface area contributed by atoms with Crippen molar-refractivity contribution in [1.82, 2.24) is 19.1 Å². The Morgan fingerprint density at radius 2 is 2.12 bits per heavy atom. The minimum atomic E-state index is -0.454. The first-order chi connectivity index (χ1) is 11.9. The summed E-state index contributed by atoms with van der Waals surface area (Å²) in [6.45, 7) is 4.74. The van der Waals surface area contributed by atoms with Crippen molar-refractivity contribution in [1.29, 1.82) is 0 Å². The van der Waals surface area contributed by atoms with Crippen LogP contribution in [0.25, 0.3) is 11.2 Å². The maximum atomic E-state index is 12.5. The fourth-order valence-electron chi connectivity index (χ4n) is 2.53. The summed E-state index contributed by atoms with van der Waals surface area (Å²) < 4.78 is 4.26. The molecule has 0 unspecified atom stereocenters. The molecule has 2 aromatic heterocycles. The molecule has 0 radical (unpaired) electrons. The van der Waals surface area contributed by atoms with Crippen molar-refractivity contribution >= 4 is 38.9 Å². The van der Waals surface area contributed by atoms with Gasteiger partial charge in [-0.15, -0.1) is 0 Å². The molecule has 1 N–H and O–H groups in total. The van der Waals surface area contributed by atoms with Gasteiger partial charge in [-0.1, -0.05) is 53.7 Å². The lowest BCUT2D eigenvalue weighted by Crippen LogP contribution is -2.29. The highest BCUT2D eigenvalue weighted by atomic mass is 79.9. The molecule has 0 amide bonds. The van der Waals surface area contributed by atoms with Gasteiger partial charge in [0, 0.05) is 16.8 Å². The zero-order valence-corrected chi connectivity index (χ0v) is 16.6. The van der Waals surface area contributed by atoms with Gasteiger partial charge < -0.3 is 4.57 Å². The van der Waals surface area contributed by atoms with Crippen LogP contribution in [-0.2, 0) is 13.6 Å². The number of H-pyrrole nitrogens is 1. The third-order valence-electron chi connectivity index (χ3n) is 4.08. The van der Waals surface area contributed by atoms with Gasteiger partial charge in [-0.3, -0.25) is 14.3 Å². The SMILES string of the molecule is CC[C@@H](C)Sc1nc2c(c(=O)[nH]c(=O)n2C)n1Cc1cccc(Br)c1. The first kappa shape index (κ1) is 18.0. The number of hydrogen-bond acceptors (Lipinski definition) is 4. The Kier molecular flexibility index (Phi) is 5.19. The lowest BCUT2D eigenvalue weighted by molar-refractivity contribution is 0.723. The van der Waals surface area contributed by atoms with Gasteiger partial charge in [0.05, 0.1) is 6.54 Å². The first-order valence-corrected chi connectivity index (χ1v) is 9.68. The Labute approximate surface area is 157 Å². The standard InChI is InChI=1S/C17H19BrN4O2S/c1-4-10(2)25-17-19-14-13(15(23)20-16(24)21(14)3)22(17)9-11-6-5-7-12(18)8-11/h5-8,10H,4,9H2,1-3H3,(H,20,23,24)/t10-/m1/s1. The zero-order chi connectivity index (χ0) is 18.1. The van der Waals surface area contributed by atoms with E-state index in [0.29, 0.717) is 23.0 Å². The van der Waals surface area contributed by atoms with Crippen LogP contribution in [0.15, 0.2) is 43.5 Å². The smallest absolute Gasteiger partial charge is 0.309 e. The molecule has 3 rings (SSSR count). The van der Waals surface area contributed by atoms with Crippen LogP contribution in [0.5, 0.6) is 0 Å². The van der Waals surface area contributed by atoms with Crippen molar-refractivity contribution in [3.63, 3.8) is 0 Å². The number of aryl methyl sites for hydroxylation is 1. The molecule has 0 saturated carbocycles. The van der Waals surface area contributed by atoms with Crippen molar-refractivity contribution in [3.8, 4) is 0 Å². The number of nitrogens with one attached hydrogen (secondary N) is 1. The van der Waals surface area contributed by atoms with E-state index in [9.17, 15) is 9.59 Å². The van der Waals surface area contributed by atoms with E-state index in [1.165, 1.54) is 4.57 Å². The third kappa shape index (κ3) is 3.59. The summed E-state index contributed by atoms with van der Waals surface area (Å²) in [6.07, 6.45) is 0.986. The minimum absolute atomic E-state index is 0.356. The molecule has 0 aliphatic rings. The van der Waals surface area contributed by atoms with E-state index >= 15 is 0 Å². The Morgan fingerprint density at radius 1 is 1.36 bits per heavy atom. The van der Waals surface area contributed by atoms with Crippen molar-refractivity contribution in [3.05, 3.63) is 55.1 Å². The fraction of sp³-hybridized carbons (Fsp3) is 0.353. The van der Waals surface area contributed by atoms with Crippen molar-refractivity contribution in [2.75, 3.05) is 0 Å². The second-order valence-electron chi connectivity index (χ2n) is 5.94. The molecule has 1 atom stereocenters. The summed E-state index contributed by atoms with van der Waals surface area (Å²) in [5, 5.41) is 1.10. The van der Waals surface area contributed by atoms with E-state index in [-0.39, 0.29) is 0 Å². The van der Waals surface area contributed by atoms with Gasteiger partial charge in [0.15, 0.2) is 16.3 Å². The molecule has 0 spiro atoms. The summed E-state index contributed by atoms with van der Waals surface area (Å²) in [4.78, 5) is 31.3. The van der Waals surface area contributed by atoms with E-state index in [1.807, 2.05) is 28.8 Å². The highest BCUT2D eigenvalue weighted by Gasteiger charge is 2.19. The Bertz CT molecular complexity index is 1040. The summed E-state index contributed by atoms with van der Waals surface area (Å²) in [7, 11) is 1.62. The number of halogens is 1. The quantitative estimate of drug-likeness (QED) is 0.640. The van der Waals surface area contributed by atoms with Crippen molar-refractivity contribution < 1.29 is 0 Å². The number of fused-ring (bicyclic) bond motifs is 1. The van der Waals surface area contributed by atoms with Crippen LogP contribution in [0.4, 0.5) is 0 Å². The van der Waals surface area contributed by atoms with E-state index in [2.05, 4.69) is 39.7 Å². The second kappa shape index (κ2) is 7.21. The fourth-order valence-corrected chi connectivity index (χ4v) is 3.93. The highest BCUT2D eigenvalue weighted by molar-refractivity contribution is 9.10. The van der Waals surface area contributed by atoms with Crippen LogP contribution in [0.1, 0.15) is 25.8 Å². The van der Waals surface area contributed by atoms with Crippen molar-refractivity contribution in [2.45, 2.75) is 37.2 Å². The summed E-state index contributed by atoms with van der Waals surface area (Å²) in [5.41, 5.74) is 1.02. The molecule has 0 aliphatic carbocycles. The van der Waals surface area contributed by atoms with Gasteiger partial charge in [-0.05, 0) is 24.1 Å². The Balaban J connectivity index is 2.22. The number of hydrogen-bond donors (Lipinski definition) is 1. The Morgan fingerprint density at radius 3 is 2.80 bits per heavy atom. The molecule has 0 bridgehead atoms. The molecule has 6 nitrogen and oxygen atoms in total. The van der Waals surface area contributed by atoms with Gasteiger partial charge in [-0.25, -0.2) is 9.78 Å². The Hall–Kier alpha value is -1.80. The summed E-state index contributed by atoms with van der Waals surface area (Å²) in [5.74, 6) is 0. The molecule has 0 fully saturated rings. The van der Waals surface area contributed by atoms with Crippen LogP contribution >= 0.6 is 27.7 Å². The molecule has 25 heavy (non-hydrogen) atoms. The number of benzene rings is 1. The second-order valence-corrected chi connectivity index (χ2v) is 8.26. The van der Waals surface area contributed by atoms with Gasteiger partial charge in [0.25, 0.3) is 5.56 Å². The van der Waals surface area contributed by atoms with Crippen LogP contribution < -0.4 is 11.2 Å². The third-order valence-corrected chi connectivity index (χ3v) is 5.83. The van der Waals surface area contributed by atoms with Gasteiger partial charge >= 0.3 is 5.69 Å². The topological polar surface area (TPSA) is 72.7 Å². The maximum Gasteiger partial charge on any atom is 0.329 e. The first-order valence-electron chi connectivity index (χ1n) is 8.01. The van der Waals surface area contributed by atoms with Crippen LogP contribution in [0, 0.1) is 0 Å². The van der Waals surface area contributed by atoms with Crippen LogP contribution in [0.2, 0.25) is 0 Å². The van der Waals surface area contributed by atoms with Crippen molar-refractivity contribution in [2.24, 2.45) is 7.05 Å². The predicted molar refractivity (Wildman–Crippen MR) is 104 cm³/mol. The number of aromatic amines is 1. The van der Waals surface area contributed by atoms with Gasteiger partial charge in [0.2, 0.25) is 0 Å². The average Bonchev–Trinajstić information content (AvgIpc) is 2.91. The molecular formula is C17H19BrN4O2S. The van der Waals surface area contributed by atoms with E-state index in [4.69, 9.17) is 0 Å². The molecule has 132 valence electrons. The molecule has 2 heterocycles. The number of nitrogens with zero attached hydrogens (tertiary/aromatic N) is 3. The molecule has 3 aromatic rings. The van der Waals surface area contributed by atoms with Gasteiger partial charge in [0.1, 0.15) is 0 Å². The highest BCUT2D eigenvalue weighted by Crippen LogP contribution is 2.28. The molecule has 1 aromatic carbocycles. The molecular weight excluding hydrogens is 404 g/mol. The summed E-state index contributed by atoms with van der Waals surface area (Å²) >= 11 is 5.09. The molecule has 8 heteroatoms. The summed E-state index contributed by atoms with van der Waals surface area (Å²) in [6, 6.07) is 7.94.